The topological polar surface area (TPSA) is 80.5 Å². The first-order valence-electron chi connectivity index (χ1n) is 5.64. The van der Waals surface area contributed by atoms with Gasteiger partial charge >= 0.3 is 0 Å². The molecule has 0 unspecified atom stereocenters. The van der Waals surface area contributed by atoms with E-state index in [1.54, 1.807) is 6.07 Å². The molecule has 1 N–H and O–H groups in total. The quantitative estimate of drug-likeness (QED) is 0.509. The molecule has 0 saturated carbocycles. The molecule has 0 saturated heterocycles. The van der Waals surface area contributed by atoms with E-state index >= 15 is 0 Å². The van der Waals surface area contributed by atoms with Gasteiger partial charge in [0.1, 0.15) is 22.9 Å². The van der Waals surface area contributed by atoms with Crippen molar-refractivity contribution in [2.45, 2.75) is 13.8 Å². The summed E-state index contributed by atoms with van der Waals surface area (Å²) in [6.45, 7) is 2.64. The van der Waals surface area contributed by atoms with Gasteiger partial charge in [-0.15, -0.1) is 10.2 Å². The van der Waals surface area contributed by atoms with E-state index in [4.69, 9.17) is 21.1 Å². The van der Waals surface area contributed by atoms with Crippen LogP contribution in [0.1, 0.15) is 13.8 Å². The first-order valence-corrected chi connectivity index (χ1v) is 6.02. The van der Waals surface area contributed by atoms with Crippen LogP contribution in [-0.2, 0) is 4.79 Å². The molecular formula is C13H15ClN2O4. The number of rotatable bonds is 5. The van der Waals surface area contributed by atoms with Gasteiger partial charge in [-0.3, -0.25) is 4.79 Å². The van der Waals surface area contributed by atoms with Gasteiger partial charge in [0.15, 0.2) is 11.5 Å². The van der Waals surface area contributed by atoms with Gasteiger partial charge < -0.3 is 14.6 Å². The highest BCUT2D eigenvalue weighted by atomic mass is 35.5. The number of carbonyl (C=O) groups is 1. The molecule has 0 aromatic heterocycles. The number of methoxy groups -OCH3 is 2. The highest BCUT2D eigenvalue weighted by Gasteiger charge is 2.11. The fourth-order valence-electron chi connectivity index (χ4n) is 1.42. The Morgan fingerprint density at radius 2 is 1.80 bits per heavy atom. The van der Waals surface area contributed by atoms with Crippen LogP contribution in [0, 0.1) is 0 Å². The molecule has 0 aliphatic carbocycles. The van der Waals surface area contributed by atoms with Crippen LogP contribution in [0.2, 0.25) is 5.02 Å². The SMILES string of the molecule is COc1cc(OC)c(N=NC(C(C)=O)=C(C)O)cc1Cl. The third-order valence-electron chi connectivity index (χ3n) is 2.39. The normalized spacial score (nSPS) is 12.2. The Morgan fingerprint density at radius 3 is 2.25 bits per heavy atom. The average Bonchev–Trinajstić information content (AvgIpc) is 2.38. The number of nitrogens with zero attached hydrogens (tertiary/aromatic N) is 2. The van der Waals surface area contributed by atoms with Crippen LogP contribution in [0.4, 0.5) is 5.69 Å². The third-order valence-corrected chi connectivity index (χ3v) is 2.68. The maximum atomic E-state index is 11.3. The van der Waals surface area contributed by atoms with Crippen molar-refractivity contribution in [3.8, 4) is 11.5 Å². The number of ketones is 1. The highest BCUT2D eigenvalue weighted by Crippen LogP contribution is 2.38. The van der Waals surface area contributed by atoms with Gasteiger partial charge in [0.2, 0.25) is 0 Å². The summed E-state index contributed by atoms with van der Waals surface area (Å²) < 4.78 is 10.2. The van der Waals surface area contributed by atoms with Crippen LogP contribution < -0.4 is 9.47 Å². The average molecular weight is 299 g/mol. The van der Waals surface area contributed by atoms with Gasteiger partial charge in [-0.1, -0.05) is 11.6 Å². The molecule has 0 amide bonds. The standard InChI is InChI=1S/C13H15ClN2O4/c1-7(17)13(8(2)18)16-15-10-5-9(14)11(19-3)6-12(10)20-4/h5-6,17H,1-4H3. The summed E-state index contributed by atoms with van der Waals surface area (Å²) in [5.74, 6) is 0.212. The molecule has 0 fully saturated rings. The second-order valence-corrected chi connectivity index (χ2v) is 4.26. The first kappa shape index (κ1) is 16.0. The van der Waals surface area contributed by atoms with Gasteiger partial charge in [-0.05, 0) is 13.0 Å². The van der Waals surface area contributed by atoms with Crippen molar-refractivity contribution in [1.29, 1.82) is 0 Å². The lowest BCUT2D eigenvalue weighted by molar-refractivity contribution is -0.113. The lowest BCUT2D eigenvalue weighted by atomic mass is 10.2. The number of aliphatic hydroxyl groups is 1. The van der Waals surface area contributed by atoms with E-state index in [2.05, 4.69) is 10.2 Å². The molecule has 0 aliphatic rings. The van der Waals surface area contributed by atoms with Gasteiger partial charge in [0.25, 0.3) is 0 Å². The summed E-state index contributed by atoms with van der Waals surface area (Å²) in [4.78, 5) is 11.3. The minimum Gasteiger partial charge on any atom is -0.510 e. The molecule has 0 aliphatic heterocycles. The van der Waals surface area contributed by atoms with Crippen molar-refractivity contribution in [1.82, 2.24) is 0 Å². The molecule has 7 heteroatoms. The Bertz CT molecular complexity index is 578. The zero-order valence-electron chi connectivity index (χ0n) is 11.6. The predicted octanol–water partition coefficient (Wildman–Crippen LogP) is 3.82. The van der Waals surface area contributed by atoms with Crippen LogP contribution in [0.15, 0.2) is 33.8 Å². The maximum absolute atomic E-state index is 11.3. The summed E-state index contributed by atoms with van der Waals surface area (Å²) in [7, 11) is 2.94. The van der Waals surface area contributed by atoms with E-state index in [0.717, 1.165) is 0 Å². The van der Waals surface area contributed by atoms with E-state index in [1.807, 2.05) is 0 Å². The highest BCUT2D eigenvalue weighted by molar-refractivity contribution is 6.32. The number of benzene rings is 1. The second kappa shape index (κ2) is 6.91. The number of ether oxygens (including phenoxy) is 2. The lowest BCUT2D eigenvalue weighted by Crippen LogP contribution is -1.96. The molecule has 1 aromatic carbocycles. The van der Waals surface area contributed by atoms with Crippen molar-refractivity contribution >= 4 is 23.1 Å². The van der Waals surface area contributed by atoms with Crippen molar-refractivity contribution in [2.75, 3.05) is 14.2 Å². The van der Waals surface area contributed by atoms with Crippen LogP contribution >= 0.6 is 11.6 Å². The zero-order valence-corrected chi connectivity index (χ0v) is 12.4. The van der Waals surface area contributed by atoms with Crippen molar-refractivity contribution in [3.63, 3.8) is 0 Å². The predicted molar refractivity (Wildman–Crippen MR) is 75.1 cm³/mol. The molecule has 0 atom stereocenters. The maximum Gasteiger partial charge on any atom is 0.183 e. The largest absolute Gasteiger partial charge is 0.510 e. The monoisotopic (exact) mass is 298 g/mol. The Kier molecular flexibility index (Phi) is 5.52. The van der Waals surface area contributed by atoms with Gasteiger partial charge in [0.05, 0.1) is 19.2 Å². The Balaban J connectivity index is 3.24. The minimum absolute atomic E-state index is 0.126. The molecule has 6 nitrogen and oxygen atoms in total. The summed E-state index contributed by atoms with van der Waals surface area (Å²) in [5, 5.41) is 17.3. The van der Waals surface area contributed by atoms with Gasteiger partial charge in [-0.25, -0.2) is 0 Å². The van der Waals surface area contributed by atoms with E-state index in [0.29, 0.717) is 22.2 Å². The molecule has 1 aromatic rings. The number of aliphatic hydroxyl groups excluding tert-OH is 1. The minimum atomic E-state index is -0.396. The van der Waals surface area contributed by atoms with E-state index in [1.165, 1.54) is 34.1 Å². The van der Waals surface area contributed by atoms with E-state index in [9.17, 15) is 9.90 Å². The number of halogens is 1. The van der Waals surface area contributed by atoms with Crippen molar-refractivity contribution < 1.29 is 19.4 Å². The number of hydrogen-bond acceptors (Lipinski definition) is 6. The molecule has 0 spiro atoms. The Labute approximate surface area is 121 Å². The van der Waals surface area contributed by atoms with E-state index in [-0.39, 0.29) is 11.5 Å². The Morgan fingerprint density at radius 1 is 1.20 bits per heavy atom. The summed E-state index contributed by atoms with van der Waals surface area (Å²) >= 11 is 5.99. The number of azo groups is 1. The molecule has 0 bridgehead atoms. The molecule has 0 radical (unpaired) electrons. The summed E-state index contributed by atoms with van der Waals surface area (Å²) in [5.41, 5.74) is 0.192. The number of carbonyl (C=O) groups excluding carboxylic acids is 1. The summed E-state index contributed by atoms with van der Waals surface area (Å²) in [6, 6.07) is 3.05. The van der Waals surface area contributed by atoms with E-state index < -0.39 is 5.78 Å². The molecule has 1 rings (SSSR count). The number of Topliss-reactive ketones (excluding diaryl/α,β-unsaturated/α-hetero) is 1. The number of allylic oxidation sites excluding steroid dienone is 2. The molecule has 0 heterocycles. The van der Waals surface area contributed by atoms with Gasteiger partial charge in [-0.2, -0.15) is 0 Å². The molecular weight excluding hydrogens is 284 g/mol. The number of hydrogen-bond donors (Lipinski definition) is 1. The smallest absolute Gasteiger partial charge is 0.183 e. The fourth-order valence-corrected chi connectivity index (χ4v) is 1.66. The second-order valence-electron chi connectivity index (χ2n) is 3.85. The van der Waals surface area contributed by atoms with Crippen LogP contribution in [0.25, 0.3) is 0 Å². The van der Waals surface area contributed by atoms with Crippen molar-refractivity contribution in [3.05, 3.63) is 28.6 Å². The lowest BCUT2D eigenvalue weighted by Gasteiger charge is -2.08. The van der Waals surface area contributed by atoms with Crippen LogP contribution in [-0.4, -0.2) is 25.1 Å². The van der Waals surface area contributed by atoms with Crippen molar-refractivity contribution in [2.24, 2.45) is 10.2 Å². The third kappa shape index (κ3) is 3.71. The van der Waals surface area contributed by atoms with Crippen LogP contribution in [0.5, 0.6) is 11.5 Å². The Hall–Kier alpha value is -2.08. The molecule has 108 valence electrons. The van der Waals surface area contributed by atoms with Gasteiger partial charge in [0, 0.05) is 13.0 Å². The summed E-state index contributed by atoms with van der Waals surface area (Å²) in [6.07, 6.45) is 0. The first-order chi connectivity index (χ1) is 9.40. The van der Waals surface area contributed by atoms with Crippen LogP contribution in [0.3, 0.4) is 0 Å². The zero-order chi connectivity index (χ0) is 15.3. The molecule has 20 heavy (non-hydrogen) atoms. The fraction of sp³-hybridized carbons (Fsp3) is 0.308.